The molecule has 2 rings (SSSR count). The van der Waals surface area contributed by atoms with E-state index in [0.717, 1.165) is 11.1 Å². The first-order chi connectivity index (χ1) is 9.06. The van der Waals surface area contributed by atoms with Gasteiger partial charge in [0.1, 0.15) is 6.61 Å². The van der Waals surface area contributed by atoms with Crippen molar-refractivity contribution in [1.29, 1.82) is 0 Å². The van der Waals surface area contributed by atoms with E-state index in [4.69, 9.17) is 10.5 Å². The Hall–Kier alpha value is -1.88. The average molecular weight is 263 g/mol. The molecule has 1 aromatic carbocycles. The number of rotatable bonds is 5. The number of hydrogen-bond donors (Lipinski definition) is 1. The van der Waals surface area contributed by atoms with E-state index in [0.29, 0.717) is 13.0 Å². The Morgan fingerprint density at radius 2 is 2.26 bits per heavy atom. The quantitative estimate of drug-likeness (QED) is 0.898. The average Bonchev–Trinajstić information content (AvgIpc) is 2.73. The van der Waals surface area contributed by atoms with Crippen LogP contribution in [0.5, 0.6) is 5.75 Å². The Morgan fingerprint density at radius 3 is 2.89 bits per heavy atom. The summed E-state index contributed by atoms with van der Waals surface area (Å²) < 4.78 is 21.1. The monoisotopic (exact) mass is 263 g/mol. The molecular formula is C14H18FN3O. The maximum Gasteiger partial charge on any atom is 0.165 e. The molecule has 19 heavy (non-hydrogen) atoms. The molecule has 0 bridgehead atoms. The largest absolute Gasteiger partial charge is 0.485 e. The van der Waals surface area contributed by atoms with Gasteiger partial charge in [0.05, 0.1) is 6.20 Å². The summed E-state index contributed by atoms with van der Waals surface area (Å²) in [4.78, 5) is 0. The fraction of sp³-hybridized carbons (Fsp3) is 0.357. The molecule has 0 aliphatic heterocycles. The Balaban J connectivity index is 2.14. The van der Waals surface area contributed by atoms with Crippen LogP contribution in [0.4, 0.5) is 4.39 Å². The number of halogens is 1. The van der Waals surface area contributed by atoms with Gasteiger partial charge in [0.2, 0.25) is 0 Å². The fourth-order valence-electron chi connectivity index (χ4n) is 1.92. The number of nitrogens with two attached hydrogens (primary N) is 1. The lowest BCUT2D eigenvalue weighted by Gasteiger charge is -2.13. The molecule has 0 aliphatic rings. The molecule has 0 aliphatic carbocycles. The van der Waals surface area contributed by atoms with Gasteiger partial charge in [0, 0.05) is 24.8 Å². The Labute approximate surface area is 112 Å². The predicted octanol–water partition coefficient (Wildman–Crippen LogP) is 2.03. The molecule has 2 N–H and O–H groups in total. The highest BCUT2D eigenvalue weighted by atomic mass is 19.1. The van der Waals surface area contributed by atoms with Crippen LogP contribution < -0.4 is 10.5 Å². The third-order valence-corrected chi connectivity index (χ3v) is 2.73. The molecule has 1 heterocycles. The predicted molar refractivity (Wildman–Crippen MR) is 71.3 cm³/mol. The number of para-hydroxylation sites is 1. The second-order valence-electron chi connectivity index (χ2n) is 4.72. The molecule has 0 radical (unpaired) electrons. The minimum atomic E-state index is -0.359. The van der Waals surface area contributed by atoms with Crippen molar-refractivity contribution in [2.75, 3.05) is 0 Å². The zero-order chi connectivity index (χ0) is 13.8. The molecule has 5 heteroatoms. The van der Waals surface area contributed by atoms with Crippen molar-refractivity contribution >= 4 is 0 Å². The van der Waals surface area contributed by atoms with Gasteiger partial charge in [-0.1, -0.05) is 12.1 Å². The van der Waals surface area contributed by atoms with E-state index < -0.39 is 0 Å². The molecule has 0 saturated carbocycles. The number of benzene rings is 1. The van der Waals surface area contributed by atoms with Crippen LogP contribution in [-0.4, -0.2) is 15.8 Å². The van der Waals surface area contributed by atoms with Gasteiger partial charge >= 0.3 is 0 Å². The van der Waals surface area contributed by atoms with Crippen molar-refractivity contribution < 1.29 is 9.13 Å². The highest BCUT2D eigenvalue weighted by Gasteiger charge is 2.11. The van der Waals surface area contributed by atoms with E-state index in [1.807, 2.05) is 26.2 Å². The molecule has 102 valence electrons. The van der Waals surface area contributed by atoms with Crippen LogP contribution in [0.1, 0.15) is 18.1 Å². The number of nitrogens with zero attached hydrogens (tertiary/aromatic N) is 2. The standard InChI is InChI=1S/C14H18FN3O/c1-10(16)6-12-4-3-5-13(15)14(12)19-9-11-7-17-18(2)8-11/h3-5,7-8,10H,6,9,16H2,1-2H3. The van der Waals surface area contributed by atoms with Crippen molar-refractivity contribution in [2.45, 2.75) is 26.0 Å². The normalized spacial score (nSPS) is 12.4. The van der Waals surface area contributed by atoms with Crippen molar-refractivity contribution in [2.24, 2.45) is 12.8 Å². The summed E-state index contributed by atoms with van der Waals surface area (Å²) in [6.45, 7) is 2.18. The molecule has 2 aromatic rings. The van der Waals surface area contributed by atoms with Crippen molar-refractivity contribution in [3.8, 4) is 5.75 Å². The summed E-state index contributed by atoms with van der Waals surface area (Å²) in [5.74, 6) is -0.0781. The summed E-state index contributed by atoms with van der Waals surface area (Å²) >= 11 is 0. The van der Waals surface area contributed by atoms with Gasteiger partial charge < -0.3 is 10.5 Å². The summed E-state index contributed by atoms with van der Waals surface area (Å²) in [5.41, 5.74) is 7.45. The van der Waals surface area contributed by atoms with Gasteiger partial charge in [0.25, 0.3) is 0 Å². The SMILES string of the molecule is CC(N)Cc1cccc(F)c1OCc1cnn(C)c1. The first kappa shape index (κ1) is 13.5. The molecule has 0 amide bonds. The fourth-order valence-corrected chi connectivity index (χ4v) is 1.92. The van der Waals surface area contributed by atoms with E-state index in [2.05, 4.69) is 5.10 Å². The molecule has 1 unspecified atom stereocenters. The van der Waals surface area contributed by atoms with Crippen LogP contribution in [0.3, 0.4) is 0 Å². The Morgan fingerprint density at radius 1 is 1.47 bits per heavy atom. The van der Waals surface area contributed by atoms with Crippen LogP contribution in [0.15, 0.2) is 30.6 Å². The number of hydrogen-bond acceptors (Lipinski definition) is 3. The molecule has 0 saturated heterocycles. The van der Waals surface area contributed by atoms with E-state index in [1.165, 1.54) is 6.07 Å². The maximum absolute atomic E-state index is 13.8. The lowest BCUT2D eigenvalue weighted by atomic mass is 10.1. The summed E-state index contributed by atoms with van der Waals surface area (Å²) in [6.07, 6.45) is 4.12. The van der Waals surface area contributed by atoms with E-state index in [9.17, 15) is 4.39 Å². The minimum Gasteiger partial charge on any atom is -0.485 e. The first-order valence-corrected chi connectivity index (χ1v) is 6.19. The molecular weight excluding hydrogens is 245 g/mol. The van der Waals surface area contributed by atoms with Crippen LogP contribution in [-0.2, 0) is 20.1 Å². The van der Waals surface area contributed by atoms with Gasteiger partial charge in [-0.3, -0.25) is 4.68 Å². The maximum atomic E-state index is 13.8. The lowest BCUT2D eigenvalue weighted by molar-refractivity contribution is 0.286. The van der Waals surface area contributed by atoms with E-state index in [1.54, 1.807) is 16.9 Å². The molecule has 4 nitrogen and oxygen atoms in total. The number of aryl methyl sites for hydroxylation is 1. The van der Waals surface area contributed by atoms with E-state index >= 15 is 0 Å². The summed E-state index contributed by atoms with van der Waals surface area (Å²) in [5, 5.41) is 4.05. The summed E-state index contributed by atoms with van der Waals surface area (Å²) in [7, 11) is 1.83. The molecule has 1 aromatic heterocycles. The highest BCUT2D eigenvalue weighted by Crippen LogP contribution is 2.24. The van der Waals surface area contributed by atoms with Crippen molar-refractivity contribution in [1.82, 2.24) is 9.78 Å². The van der Waals surface area contributed by atoms with Gasteiger partial charge in [-0.05, 0) is 25.0 Å². The van der Waals surface area contributed by atoms with Crippen LogP contribution in [0.25, 0.3) is 0 Å². The van der Waals surface area contributed by atoms with Crippen LogP contribution in [0.2, 0.25) is 0 Å². The smallest absolute Gasteiger partial charge is 0.165 e. The third kappa shape index (κ3) is 3.54. The highest BCUT2D eigenvalue weighted by molar-refractivity contribution is 5.35. The van der Waals surface area contributed by atoms with Crippen LogP contribution in [0, 0.1) is 5.82 Å². The second kappa shape index (κ2) is 5.84. The molecule has 0 fully saturated rings. The van der Waals surface area contributed by atoms with Gasteiger partial charge in [0.15, 0.2) is 11.6 Å². The Bertz CT molecular complexity index is 551. The van der Waals surface area contributed by atoms with Crippen molar-refractivity contribution in [3.63, 3.8) is 0 Å². The number of aromatic nitrogens is 2. The van der Waals surface area contributed by atoms with E-state index in [-0.39, 0.29) is 17.6 Å². The van der Waals surface area contributed by atoms with Gasteiger partial charge in [-0.2, -0.15) is 5.10 Å². The van der Waals surface area contributed by atoms with Crippen molar-refractivity contribution in [3.05, 3.63) is 47.5 Å². The third-order valence-electron chi connectivity index (χ3n) is 2.73. The topological polar surface area (TPSA) is 53.1 Å². The minimum absolute atomic E-state index is 0.0393. The van der Waals surface area contributed by atoms with Crippen LogP contribution >= 0.6 is 0 Å². The molecule has 0 spiro atoms. The second-order valence-corrected chi connectivity index (χ2v) is 4.72. The molecule has 1 atom stereocenters. The zero-order valence-corrected chi connectivity index (χ0v) is 11.1. The summed E-state index contributed by atoms with van der Waals surface area (Å²) in [6, 6.07) is 4.86. The van der Waals surface area contributed by atoms with Gasteiger partial charge in [-0.15, -0.1) is 0 Å². The number of ether oxygens (including phenoxy) is 1. The zero-order valence-electron chi connectivity index (χ0n) is 11.1. The lowest BCUT2D eigenvalue weighted by Crippen LogP contribution is -2.18. The van der Waals surface area contributed by atoms with Gasteiger partial charge in [-0.25, -0.2) is 4.39 Å². The first-order valence-electron chi connectivity index (χ1n) is 6.19. The Kier molecular flexibility index (Phi) is 4.16.